The third-order valence-electron chi connectivity index (χ3n) is 4.47. The van der Waals surface area contributed by atoms with Crippen molar-refractivity contribution in [2.45, 2.75) is 45.6 Å². The minimum atomic E-state index is -2.56. The van der Waals surface area contributed by atoms with Crippen molar-refractivity contribution in [3.05, 3.63) is 71.8 Å². The molecule has 4 heteroatoms. The summed E-state index contributed by atoms with van der Waals surface area (Å²) in [4.78, 5) is 0. The molecule has 2 aromatic rings. The maximum atomic E-state index is 6.00. The topological polar surface area (TPSA) is 27.7 Å². The van der Waals surface area contributed by atoms with Crippen molar-refractivity contribution >= 4 is 8.80 Å². The lowest BCUT2D eigenvalue weighted by molar-refractivity contribution is 0.0706. The van der Waals surface area contributed by atoms with Crippen molar-refractivity contribution in [2.75, 3.05) is 19.8 Å². The van der Waals surface area contributed by atoms with Crippen LogP contribution in [0.1, 0.15) is 50.7 Å². The van der Waals surface area contributed by atoms with Crippen LogP contribution < -0.4 is 0 Å². The van der Waals surface area contributed by atoms with Crippen LogP contribution in [0.15, 0.2) is 60.7 Å². The van der Waals surface area contributed by atoms with E-state index in [1.165, 1.54) is 11.1 Å². The molecule has 0 aliphatic heterocycles. The highest BCUT2D eigenvalue weighted by molar-refractivity contribution is 6.60. The number of rotatable bonds is 12. The average Bonchev–Trinajstić information content (AvgIpc) is 2.67. The van der Waals surface area contributed by atoms with Gasteiger partial charge in [-0.2, -0.15) is 0 Å². The van der Waals surface area contributed by atoms with Gasteiger partial charge in [-0.15, -0.1) is 0 Å². The van der Waals surface area contributed by atoms with E-state index in [0.717, 1.165) is 18.9 Å². The van der Waals surface area contributed by atoms with Crippen LogP contribution in [0.2, 0.25) is 6.04 Å². The molecule has 2 aromatic carbocycles. The summed E-state index contributed by atoms with van der Waals surface area (Å²) < 4.78 is 18.0. The maximum Gasteiger partial charge on any atom is 0.500 e. The SMILES string of the molecule is CCO[Si](CCCC(c1ccccc1)c1ccccc1)(OCC)OCC. The Balaban J connectivity index is 2.11. The summed E-state index contributed by atoms with van der Waals surface area (Å²) in [6.45, 7) is 7.93. The summed E-state index contributed by atoms with van der Waals surface area (Å²) in [7, 11) is -2.56. The fraction of sp³-hybridized carbons (Fsp3) is 0.455. The molecule has 142 valence electrons. The molecule has 0 N–H and O–H groups in total. The fourth-order valence-corrected chi connectivity index (χ4v) is 6.06. The van der Waals surface area contributed by atoms with E-state index in [-0.39, 0.29) is 0 Å². The number of benzene rings is 2. The van der Waals surface area contributed by atoms with E-state index in [1.807, 2.05) is 20.8 Å². The predicted molar refractivity (Wildman–Crippen MR) is 109 cm³/mol. The van der Waals surface area contributed by atoms with Gasteiger partial charge in [-0.05, 0) is 44.7 Å². The third-order valence-corrected chi connectivity index (χ3v) is 7.62. The van der Waals surface area contributed by atoms with Gasteiger partial charge in [0.2, 0.25) is 0 Å². The highest BCUT2D eigenvalue weighted by Crippen LogP contribution is 2.31. The number of hydrogen-bond donors (Lipinski definition) is 0. The van der Waals surface area contributed by atoms with E-state index in [2.05, 4.69) is 60.7 Å². The van der Waals surface area contributed by atoms with Crippen molar-refractivity contribution in [1.29, 1.82) is 0 Å². The second-order valence-electron chi connectivity index (χ2n) is 6.25. The van der Waals surface area contributed by atoms with Crippen LogP contribution >= 0.6 is 0 Å². The zero-order chi connectivity index (χ0) is 18.7. The number of hydrogen-bond acceptors (Lipinski definition) is 3. The maximum absolute atomic E-state index is 6.00. The Labute approximate surface area is 159 Å². The first kappa shape index (κ1) is 20.8. The molecular formula is C22H32O3Si. The van der Waals surface area contributed by atoms with Crippen molar-refractivity contribution in [1.82, 2.24) is 0 Å². The van der Waals surface area contributed by atoms with E-state index in [1.54, 1.807) is 0 Å². The van der Waals surface area contributed by atoms with E-state index in [0.29, 0.717) is 25.7 Å². The molecule has 2 rings (SSSR count). The minimum Gasteiger partial charge on any atom is -0.374 e. The van der Waals surface area contributed by atoms with Gasteiger partial charge in [0, 0.05) is 31.8 Å². The van der Waals surface area contributed by atoms with Crippen molar-refractivity contribution in [3.8, 4) is 0 Å². The average molecular weight is 373 g/mol. The van der Waals surface area contributed by atoms with Gasteiger partial charge >= 0.3 is 8.80 Å². The summed E-state index contributed by atoms with van der Waals surface area (Å²) in [5.74, 6) is 0.383. The molecule has 0 unspecified atom stereocenters. The smallest absolute Gasteiger partial charge is 0.374 e. The normalized spacial score (nSPS) is 11.8. The molecule has 0 aliphatic carbocycles. The van der Waals surface area contributed by atoms with Gasteiger partial charge in [0.05, 0.1) is 0 Å². The molecule has 0 heterocycles. The van der Waals surface area contributed by atoms with Gasteiger partial charge in [0.25, 0.3) is 0 Å². The molecule has 0 aliphatic rings. The summed E-state index contributed by atoms with van der Waals surface area (Å²) in [6.07, 6.45) is 2.07. The largest absolute Gasteiger partial charge is 0.500 e. The van der Waals surface area contributed by atoms with Crippen LogP contribution in [0.5, 0.6) is 0 Å². The first-order chi connectivity index (χ1) is 12.7. The summed E-state index contributed by atoms with van der Waals surface area (Å²) in [5, 5.41) is 0. The molecule has 0 atom stereocenters. The molecule has 3 nitrogen and oxygen atoms in total. The van der Waals surface area contributed by atoms with Crippen LogP contribution in [-0.4, -0.2) is 28.6 Å². The third kappa shape index (κ3) is 6.06. The van der Waals surface area contributed by atoms with Gasteiger partial charge < -0.3 is 13.3 Å². The Hall–Kier alpha value is -1.46. The molecule has 0 fully saturated rings. The Morgan fingerprint density at radius 2 is 1.12 bits per heavy atom. The van der Waals surface area contributed by atoms with Crippen molar-refractivity contribution < 1.29 is 13.3 Å². The zero-order valence-electron chi connectivity index (χ0n) is 16.3. The molecule has 0 amide bonds. The highest BCUT2D eigenvalue weighted by atomic mass is 28.4. The quantitative estimate of drug-likeness (QED) is 0.451. The molecule has 0 aromatic heterocycles. The van der Waals surface area contributed by atoms with Crippen LogP contribution in [0.25, 0.3) is 0 Å². The Morgan fingerprint density at radius 3 is 1.50 bits per heavy atom. The monoisotopic (exact) mass is 372 g/mol. The Kier molecular flexibility index (Phi) is 9.05. The molecule has 0 bridgehead atoms. The summed E-state index contributed by atoms with van der Waals surface area (Å²) >= 11 is 0. The lowest BCUT2D eigenvalue weighted by atomic mass is 9.88. The van der Waals surface area contributed by atoms with Crippen LogP contribution in [-0.2, 0) is 13.3 Å². The van der Waals surface area contributed by atoms with E-state index in [4.69, 9.17) is 13.3 Å². The summed E-state index contributed by atoms with van der Waals surface area (Å²) in [5.41, 5.74) is 2.71. The molecule has 0 saturated carbocycles. The fourth-order valence-electron chi connectivity index (χ4n) is 3.42. The minimum absolute atomic E-state index is 0.383. The van der Waals surface area contributed by atoms with Gasteiger partial charge in [-0.3, -0.25) is 0 Å². The van der Waals surface area contributed by atoms with Gasteiger partial charge in [-0.1, -0.05) is 60.7 Å². The molecule has 0 saturated heterocycles. The van der Waals surface area contributed by atoms with Crippen molar-refractivity contribution in [3.63, 3.8) is 0 Å². The predicted octanol–water partition coefficient (Wildman–Crippen LogP) is 5.65. The second kappa shape index (κ2) is 11.3. The van der Waals surface area contributed by atoms with Crippen LogP contribution in [0, 0.1) is 0 Å². The zero-order valence-corrected chi connectivity index (χ0v) is 17.3. The Morgan fingerprint density at radius 1 is 0.692 bits per heavy atom. The lowest BCUT2D eigenvalue weighted by Crippen LogP contribution is -2.45. The van der Waals surface area contributed by atoms with E-state index < -0.39 is 8.80 Å². The van der Waals surface area contributed by atoms with E-state index >= 15 is 0 Å². The summed E-state index contributed by atoms with van der Waals surface area (Å²) in [6, 6.07) is 22.3. The van der Waals surface area contributed by atoms with Gasteiger partial charge in [-0.25, -0.2) is 0 Å². The Bertz CT molecular complexity index is 547. The van der Waals surface area contributed by atoms with Crippen LogP contribution in [0.4, 0.5) is 0 Å². The standard InChI is InChI=1S/C22H32O3Si/c1-4-23-26(24-5-2,25-6-3)19-13-18-22(20-14-9-7-10-15-20)21-16-11-8-12-17-21/h7-12,14-17,22H,4-6,13,18-19H2,1-3H3. The molecular weight excluding hydrogens is 340 g/mol. The van der Waals surface area contributed by atoms with Gasteiger partial charge in [0.1, 0.15) is 0 Å². The van der Waals surface area contributed by atoms with E-state index in [9.17, 15) is 0 Å². The van der Waals surface area contributed by atoms with Gasteiger partial charge in [0.15, 0.2) is 0 Å². The first-order valence-electron chi connectivity index (χ1n) is 9.76. The molecule has 0 radical (unpaired) electrons. The lowest BCUT2D eigenvalue weighted by Gasteiger charge is -2.29. The highest BCUT2D eigenvalue weighted by Gasteiger charge is 2.39. The molecule has 26 heavy (non-hydrogen) atoms. The molecule has 0 spiro atoms. The first-order valence-corrected chi connectivity index (χ1v) is 11.7. The van der Waals surface area contributed by atoms with Crippen LogP contribution in [0.3, 0.4) is 0 Å². The van der Waals surface area contributed by atoms with Crippen molar-refractivity contribution in [2.24, 2.45) is 0 Å². The second-order valence-corrected chi connectivity index (χ2v) is 8.98.